The first-order valence-electron chi connectivity index (χ1n) is 6.48. The molecule has 0 aliphatic heterocycles. The Morgan fingerprint density at radius 3 is 2.62 bits per heavy atom. The first-order chi connectivity index (χ1) is 9.81. The highest BCUT2D eigenvalue weighted by atomic mass is 32.2. The highest BCUT2D eigenvalue weighted by Crippen LogP contribution is 2.20. The number of nitrogen functional groups attached to an aromatic ring is 1. The van der Waals surface area contributed by atoms with E-state index in [-0.39, 0.29) is 22.7 Å². The number of anilines is 1. The van der Waals surface area contributed by atoms with E-state index in [2.05, 4.69) is 9.46 Å². The summed E-state index contributed by atoms with van der Waals surface area (Å²) in [4.78, 5) is 13.3. The van der Waals surface area contributed by atoms with Crippen molar-refractivity contribution < 1.29 is 17.9 Å². The molecule has 0 bridgehead atoms. The predicted octanol–water partition coefficient (Wildman–Crippen LogP) is 0.285. The molecule has 0 atom stereocenters. The lowest BCUT2D eigenvalue weighted by Crippen LogP contribution is -2.33. The summed E-state index contributed by atoms with van der Waals surface area (Å²) in [6.45, 7) is 3.69. The minimum Gasteiger partial charge on any atom is -0.465 e. The van der Waals surface area contributed by atoms with Crippen molar-refractivity contribution in [2.75, 3.05) is 39.5 Å². The van der Waals surface area contributed by atoms with Crippen molar-refractivity contribution >= 4 is 21.7 Å². The molecule has 21 heavy (non-hydrogen) atoms. The number of nitrogens with two attached hydrogens (primary N) is 1. The quantitative estimate of drug-likeness (QED) is 0.554. The number of carbonyl (C=O) groups is 1. The van der Waals surface area contributed by atoms with Gasteiger partial charge in [0.25, 0.3) is 0 Å². The van der Waals surface area contributed by atoms with Gasteiger partial charge in [0.1, 0.15) is 4.90 Å². The van der Waals surface area contributed by atoms with Gasteiger partial charge in [-0.1, -0.05) is 6.92 Å². The van der Waals surface area contributed by atoms with Crippen LogP contribution in [0.4, 0.5) is 5.69 Å². The predicted molar refractivity (Wildman–Crippen MR) is 80.6 cm³/mol. The first kappa shape index (κ1) is 17.4. The van der Waals surface area contributed by atoms with Crippen LogP contribution in [0.1, 0.15) is 17.3 Å². The largest absolute Gasteiger partial charge is 0.465 e. The van der Waals surface area contributed by atoms with Gasteiger partial charge in [-0.2, -0.15) is 0 Å². The Morgan fingerprint density at radius 1 is 1.43 bits per heavy atom. The van der Waals surface area contributed by atoms with Crippen LogP contribution in [0.5, 0.6) is 0 Å². The van der Waals surface area contributed by atoms with Crippen molar-refractivity contribution in [2.45, 2.75) is 11.8 Å². The Bertz CT molecular complexity index is 601. The number of hydrogen-bond donors (Lipinski definition) is 2. The summed E-state index contributed by atoms with van der Waals surface area (Å²) in [7, 11) is -0.556. The van der Waals surface area contributed by atoms with E-state index in [0.717, 1.165) is 6.54 Å². The van der Waals surface area contributed by atoms with Crippen LogP contribution < -0.4 is 10.5 Å². The number of likely N-dealkylation sites (N-methyl/N-ethyl adjacent to an activating group) is 1. The minimum absolute atomic E-state index is 0.00856. The highest BCUT2D eigenvalue weighted by molar-refractivity contribution is 7.89. The van der Waals surface area contributed by atoms with E-state index in [1.165, 1.54) is 25.3 Å². The fourth-order valence-electron chi connectivity index (χ4n) is 1.64. The van der Waals surface area contributed by atoms with E-state index >= 15 is 0 Å². The summed E-state index contributed by atoms with van der Waals surface area (Å²) < 4.78 is 31.3. The molecule has 3 N–H and O–H groups in total. The van der Waals surface area contributed by atoms with Crippen LogP contribution >= 0.6 is 0 Å². The molecular formula is C13H21N3O4S. The average molecular weight is 315 g/mol. The molecule has 1 aromatic carbocycles. The first-order valence-corrected chi connectivity index (χ1v) is 7.96. The molecule has 8 heteroatoms. The number of hydrogen-bond acceptors (Lipinski definition) is 6. The summed E-state index contributed by atoms with van der Waals surface area (Å²) in [5.74, 6) is -0.567. The Hall–Kier alpha value is -1.64. The zero-order valence-corrected chi connectivity index (χ0v) is 13.2. The van der Waals surface area contributed by atoms with Gasteiger partial charge in [0.15, 0.2) is 0 Å². The van der Waals surface area contributed by atoms with Crippen molar-refractivity contribution in [2.24, 2.45) is 0 Å². The van der Waals surface area contributed by atoms with Crippen LogP contribution in [0, 0.1) is 0 Å². The monoisotopic (exact) mass is 315 g/mol. The molecule has 0 radical (unpaired) electrons. The lowest BCUT2D eigenvalue weighted by molar-refractivity contribution is 0.0600. The molecule has 0 saturated carbocycles. The molecule has 7 nitrogen and oxygen atoms in total. The van der Waals surface area contributed by atoms with E-state index < -0.39 is 16.0 Å². The van der Waals surface area contributed by atoms with Gasteiger partial charge in [-0.05, 0) is 31.8 Å². The molecule has 0 fully saturated rings. The molecule has 0 amide bonds. The highest BCUT2D eigenvalue weighted by Gasteiger charge is 2.18. The molecule has 0 saturated heterocycles. The van der Waals surface area contributed by atoms with Crippen molar-refractivity contribution in [1.29, 1.82) is 0 Å². The van der Waals surface area contributed by atoms with E-state index in [1.54, 1.807) is 0 Å². The minimum atomic E-state index is -3.70. The van der Waals surface area contributed by atoms with Crippen LogP contribution in [-0.2, 0) is 14.8 Å². The second kappa shape index (κ2) is 7.39. The summed E-state index contributed by atoms with van der Waals surface area (Å²) >= 11 is 0. The van der Waals surface area contributed by atoms with Crippen molar-refractivity contribution in [3.8, 4) is 0 Å². The Labute approximate surface area is 125 Å². The molecule has 1 aromatic rings. The fourth-order valence-corrected chi connectivity index (χ4v) is 2.78. The van der Waals surface area contributed by atoms with Gasteiger partial charge in [0.2, 0.25) is 10.0 Å². The zero-order valence-electron chi connectivity index (χ0n) is 12.4. The standard InChI is InChI=1S/C13H21N3O4S/c1-4-16(2)8-7-15-21(18,19)12-6-5-10(9-11(12)14)13(17)20-3/h5-6,9,15H,4,7-8,14H2,1-3H3. The van der Waals surface area contributed by atoms with Gasteiger partial charge in [-0.3, -0.25) is 0 Å². The lowest BCUT2D eigenvalue weighted by atomic mass is 10.2. The Balaban J connectivity index is 2.86. The smallest absolute Gasteiger partial charge is 0.337 e. The zero-order chi connectivity index (χ0) is 16.0. The average Bonchev–Trinajstić information content (AvgIpc) is 2.45. The van der Waals surface area contributed by atoms with E-state index in [9.17, 15) is 13.2 Å². The maximum Gasteiger partial charge on any atom is 0.337 e. The Morgan fingerprint density at radius 2 is 2.10 bits per heavy atom. The second-order valence-electron chi connectivity index (χ2n) is 4.54. The second-order valence-corrected chi connectivity index (χ2v) is 6.27. The van der Waals surface area contributed by atoms with Gasteiger partial charge in [0.05, 0.1) is 18.4 Å². The molecule has 0 aliphatic rings. The van der Waals surface area contributed by atoms with E-state index in [0.29, 0.717) is 6.54 Å². The van der Waals surface area contributed by atoms with Crippen LogP contribution in [0.3, 0.4) is 0 Å². The maximum absolute atomic E-state index is 12.1. The molecule has 0 aromatic heterocycles. The van der Waals surface area contributed by atoms with Gasteiger partial charge >= 0.3 is 5.97 Å². The third kappa shape index (κ3) is 4.69. The molecule has 0 unspecified atom stereocenters. The third-order valence-corrected chi connectivity index (χ3v) is 4.58. The fraction of sp³-hybridized carbons (Fsp3) is 0.462. The summed E-state index contributed by atoms with van der Waals surface area (Å²) in [5, 5.41) is 0. The maximum atomic E-state index is 12.1. The number of sulfonamides is 1. The van der Waals surface area contributed by atoms with Gasteiger partial charge < -0.3 is 15.4 Å². The van der Waals surface area contributed by atoms with Gasteiger partial charge in [-0.25, -0.2) is 17.9 Å². The number of rotatable bonds is 7. The molecule has 118 valence electrons. The van der Waals surface area contributed by atoms with Crippen LogP contribution in [0.15, 0.2) is 23.1 Å². The number of benzene rings is 1. The van der Waals surface area contributed by atoms with Gasteiger partial charge in [-0.15, -0.1) is 0 Å². The number of esters is 1. The summed E-state index contributed by atoms with van der Waals surface area (Å²) in [6, 6.07) is 3.96. The number of nitrogens with zero attached hydrogens (tertiary/aromatic N) is 1. The van der Waals surface area contributed by atoms with Crippen LogP contribution in [0.2, 0.25) is 0 Å². The molecule has 0 aliphatic carbocycles. The molecule has 1 rings (SSSR count). The topological polar surface area (TPSA) is 102 Å². The number of ether oxygens (including phenoxy) is 1. The van der Waals surface area contributed by atoms with E-state index in [1.807, 2.05) is 18.9 Å². The number of methoxy groups -OCH3 is 1. The lowest BCUT2D eigenvalue weighted by Gasteiger charge is -2.15. The van der Waals surface area contributed by atoms with Crippen molar-refractivity contribution in [3.05, 3.63) is 23.8 Å². The van der Waals surface area contributed by atoms with Crippen LogP contribution in [-0.4, -0.2) is 53.1 Å². The third-order valence-electron chi connectivity index (χ3n) is 3.05. The molecule has 0 spiro atoms. The summed E-state index contributed by atoms with van der Waals surface area (Å²) in [6.07, 6.45) is 0. The van der Waals surface area contributed by atoms with Crippen molar-refractivity contribution in [1.82, 2.24) is 9.62 Å². The Kier molecular flexibility index (Phi) is 6.13. The summed E-state index contributed by atoms with van der Waals surface area (Å²) in [5.41, 5.74) is 5.94. The normalized spacial score (nSPS) is 11.6. The molecule has 0 heterocycles. The number of carbonyl (C=O) groups excluding carboxylic acids is 1. The van der Waals surface area contributed by atoms with Crippen molar-refractivity contribution in [3.63, 3.8) is 0 Å². The van der Waals surface area contributed by atoms with Crippen LogP contribution in [0.25, 0.3) is 0 Å². The number of nitrogens with one attached hydrogen (secondary N) is 1. The van der Waals surface area contributed by atoms with E-state index in [4.69, 9.17) is 5.73 Å². The van der Waals surface area contributed by atoms with Gasteiger partial charge in [0, 0.05) is 13.1 Å². The SMILES string of the molecule is CCN(C)CCNS(=O)(=O)c1ccc(C(=O)OC)cc1N. The molecular weight excluding hydrogens is 294 g/mol.